The van der Waals surface area contributed by atoms with Gasteiger partial charge in [-0.05, 0) is 48.9 Å². The highest BCUT2D eigenvalue weighted by Gasteiger charge is 2.48. The van der Waals surface area contributed by atoms with Gasteiger partial charge in [-0.2, -0.15) is 0 Å². The fourth-order valence-electron chi connectivity index (χ4n) is 6.13. The van der Waals surface area contributed by atoms with Crippen molar-refractivity contribution in [1.29, 1.82) is 0 Å². The first kappa shape index (κ1) is 25.5. The topological polar surface area (TPSA) is 130 Å². The van der Waals surface area contributed by atoms with Gasteiger partial charge in [-0.3, -0.25) is 19.4 Å². The van der Waals surface area contributed by atoms with Crippen LogP contribution < -0.4 is 16.4 Å². The summed E-state index contributed by atoms with van der Waals surface area (Å²) >= 11 is 0. The van der Waals surface area contributed by atoms with Gasteiger partial charge in [0.25, 0.3) is 5.91 Å². The molecule has 1 aliphatic heterocycles. The molecule has 4 N–H and O–H groups in total. The highest BCUT2D eigenvalue weighted by molar-refractivity contribution is 5.97. The van der Waals surface area contributed by atoms with Crippen LogP contribution in [0.25, 0.3) is 0 Å². The maximum Gasteiger partial charge on any atom is 0.272 e. The minimum Gasteiger partial charge on any atom is -0.342 e. The standard InChI is InChI=1S/C26H40N6O3/c1-26(2,3)21(25(35)32-15-17-10-7-11-18(17)22(32)27)31-24(34)20(16-8-5-4-6-9-16)30-23(33)19-14-28-12-13-29-19/h12-14,16-18,20-22H,4-11,15,27H2,1-3H3,(H,30,33)(H,31,34)/t17?,18?,20-,21?,22?/m0/s1. The molecule has 2 aliphatic carbocycles. The average Bonchev–Trinajstić information content (AvgIpc) is 3.43. The number of carbonyl (C=O) groups is 3. The fourth-order valence-corrected chi connectivity index (χ4v) is 6.13. The minimum absolute atomic E-state index is 0.00786. The lowest BCUT2D eigenvalue weighted by Crippen LogP contribution is -2.61. The molecule has 2 saturated carbocycles. The summed E-state index contributed by atoms with van der Waals surface area (Å²) in [6, 6.07) is -1.48. The first-order chi connectivity index (χ1) is 16.7. The Morgan fingerprint density at radius 2 is 1.77 bits per heavy atom. The van der Waals surface area contributed by atoms with E-state index in [1.165, 1.54) is 25.0 Å². The summed E-state index contributed by atoms with van der Waals surface area (Å²) in [5.41, 5.74) is 6.15. The summed E-state index contributed by atoms with van der Waals surface area (Å²) in [5, 5.41) is 5.94. The van der Waals surface area contributed by atoms with Gasteiger partial charge < -0.3 is 21.3 Å². The van der Waals surface area contributed by atoms with Crippen molar-refractivity contribution in [3.05, 3.63) is 24.3 Å². The van der Waals surface area contributed by atoms with E-state index in [4.69, 9.17) is 5.73 Å². The van der Waals surface area contributed by atoms with E-state index in [1.807, 2.05) is 20.8 Å². The second-order valence-corrected chi connectivity index (χ2v) is 11.6. The Bertz CT molecular complexity index is 911. The van der Waals surface area contributed by atoms with Gasteiger partial charge in [0.1, 0.15) is 17.8 Å². The van der Waals surface area contributed by atoms with Crippen molar-refractivity contribution >= 4 is 17.7 Å². The predicted octanol–water partition coefficient (Wildman–Crippen LogP) is 2.23. The number of rotatable bonds is 6. The van der Waals surface area contributed by atoms with Crippen LogP contribution in [0.1, 0.15) is 82.6 Å². The highest BCUT2D eigenvalue weighted by Crippen LogP contribution is 2.41. The molecule has 0 spiro atoms. The largest absolute Gasteiger partial charge is 0.342 e. The van der Waals surface area contributed by atoms with Crippen molar-refractivity contribution in [2.24, 2.45) is 28.9 Å². The second kappa shape index (κ2) is 10.6. The van der Waals surface area contributed by atoms with E-state index < -0.39 is 23.4 Å². The number of carbonyl (C=O) groups excluding carboxylic acids is 3. The number of hydrogen-bond acceptors (Lipinski definition) is 6. The number of hydrogen-bond donors (Lipinski definition) is 3. The molecular weight excluding hydrogens is 444 g/mol. The molecular formula is C26H40N6O3. The Morgan fingerprint density at radius 3 is 2.40 bits per heavy atom. The molecule has 0 bridgehead atoms. The second-order valence-electron chi connectivity index (χ2n) is 11.6. The third kappa shape index (κ3) is 5.66. The molecule has 3 amide bonds. The van der Waals surface area contributed by atoms with E-state index in [0.717, 1.165) is 44.9 Å². The third-order valence-corrected chi connectivity index (χ3v) is 8.12. The molecule has 1 aromatic rings. The lowest BCUT2D eigenvalue weighted by Gasteiger charge is -2.37. The number of fused-ring (bicyclic) bond motifs is 1. The molecule has 4 unspecified atom stereocenters. The normalized spacial score (nSPS) is 26.6. The van der Waals surface area contributed by atoms with Crippen molar-refractivity contribution in [3.63, 3.8) is 0 Å². The van der Waals surface area contributed by atoms with Gasteiger partial charge in [0.2, 0.25) is 11.8 Å². The van der Waals surface area contributed by atoms with E-state index >= 15 is 0 Å². The van der Waals surface area contributed by atoms with Gasteiger partial charge in [0.15, 0.2) is 0 Å². The van der Waals surface area contributed by atoms with Gasteiger partial charge in [-0.1, -0.05) is 46.5 Å². The lowest BCUT2D eigenvalue weighted by atomic mass is 9.82. The van der Waals surface area contributed by atoms with Crippen LogP contribution in [0.4, 0.5) is 0 Å². The third-order valence-electron chi connectivity index (χ3n) is 8.12. The fraction of sp³-hybridized carbons (Fsp3) is 0.731. The van der Waals surface area contributed by atoms with Gasteiger partial charge in [0, 0.05) is 18.9 Å². The molecule has 5 atom stereocenters. The first-order valence-corrected chi connectivity index (χ1v) is 13.1. The van der Waals surface area contributed by atoms with Crippen LogP contribution >= 0.6 is 0 Å². The molecule has 0 radical (unpaired) electrons. The van der Waals surface area contributed by atoms with Crippen LogP contribution in [0.5, 0.6) is 0 Å². The van der Waals surface area contributed by atoms with E-state index in [2.05, 4.69) is 20.6 Å². The Labute approximate surface area is 208 Å². The van der Waals surface area contributed by atoms with E-state index in [-0.39, 0.29) is 29.6 Å². The summed E-state index contributed by atoms with van der Waals surface area (Å²) < 4.78 is 0. The Hall–Kier alpha value is -2.55. The Balaban J connectivity index is 1.52. The minimum atomic E-state index is -0.742. The van der Waals surface area contributed by atoms with Crippen molar-refractivity contribution in [1.82, 2.24) is 25.5 Å². The molecule has 1 aromatic heterocycles. The highest BCUT2D eigenvalue weighted by atomic mass is 16.2. The van der Waals surface area contributed by atoms with E-state index in [9.17, 15) is 14.4 Å². The predicted molar refractivity (Wildman–Crippen MR) is 132 cm³/mol. The molecule has 1 saturated heterocycles. The number of aromatic nitrogens is 2. The lowest BCUT2D eigenvalue weighted by molar-refractivity contribution is -0.141. The number of nitrogens with one attached hydrogen (secondary N) is 2. The summed E-state index contributed by atoms with van der Waals surface area (Å²) in [6.07, 6.45) is 12.2. The summed E-state index contributed by atoms with van der Waals surface area (Å²) in [4.78, 5) is 50.1. The van der Waals surface area contributed by atoms with Crippen molar-refractivity contribution < 1.29 is 14.4 Å². The molecule has 35 heavy (non-hydrogen) atoms. The van der Waals surface area contributed by atoms with Gasteiger partial charge >= 0.3 is 0 Å². The van der Waals surface area contributed by atoms with Crippen LogP contribution in [0, 0.1) is 23.2 Å². The number of likely N-dealkylation sites (tertiary alicyclic amines) is 1. The molecule has 192 valence electrons. The van der Waals surface area contributed by atoms with Crippen molar-refractivity contribution in [2.75, 3.05) is 6.54 Å². The first-order valence-electron chi connectivity index (χ1n) is 13.1. The van der Waals surface area contributed by atoms with Crippen molar-refractivity contribution in [3.8, 4) is 0 Å². The van der Waals surface area contributed by atoms with Crippen LogP contribution in [-0.2, 0) is 9.59 Å². The number of nitrogens with zero attached hydrogens (tertiary/aromatic N) is 3. The zero-order chi connectivity index (χ0) is 25.2. The number of nitrogens with two attached hydrogens (primary N) is 1. The average molecular weight is 485 g/mol. The maximum absolute atomic E-state index is 13.7. The zero-order valence-electron chi connectivity index (χ0n) is 21.2. The van der Waals surface area contributed by atoms with Gasteiger partial charge in [0.05, 0.1) is 12.4 Å². The van der Waals surface area contributed by atoms with Crippen LogP contribution in [-0.4, -0.2) is 57.4 Å². The zero-order valence-corrected chi connectivity index (χ0v) is 21.2. The molecule has 3 aliphatic rings. The van der Waals surface area contributed by atoms with Crippen LogP contribution in [0.15, 0.2) is 18.6 Å². The monoisotopic (exact) mass is 484 g/mol. The van der Waals surface area contributed by atoms with E-state index in [0.29, 0.717) is 18.4 Å². The Kier molecular flexibility index (Phi) is 7.73. The Morgan fingerprint density at radius 1 is 1.03 bits per heavy atom. The number of amides is 3. The quantitative estimate of drug-likeness (QED) is 0.568. The summed E-state index contributed by atoms with van der Waals surface area (Å²) in [5.74, 6) is -0.0841. The summed E-state index contributed by atoms with van der Waals surface area (Å²) in [6.45, 7) is 6.51. The van der Waals surface area contributed by atoms with E-state index in [1.54, 1.807) is 4.90 Å². The molecule has 9 nitrogen and oxygen atoms in total. The molecule has 0 aromatic carbocycles. The molecule has 2 heterocycles. The van der Waals surface area contributed by atoms with Gasteiger partial charge in [-0.15, -0.1) is 0 Å². The maximum atomic E-state index is 13.7. The molecule has 3 fully saturated rings. The van der Waals surface area contributed by atoms with Gasteiger partial charge in [-0.25, -0.2) is 4.98 Å². The molecule has 4 rings (SSSR count). The summed E-state index contributed by atoms with van der Waals surface area (Å²) in [7, 11) is 0. The van der Waals surface area contributed by atoms with Crippen LogP contribution in [0.3, 0.4) is 0 Å². The SMILES string of the molecule is CC(C)(C)C(NC(=O)[C@@H](NC(=O)c1cnccn1)C1CCCCC1)C(=O)N1CC2CCCC2C1N. The van der Waals surface area contributed by atoms with Crippen molar-refractivity contribution in [2.45, 2.75) is 90.4 Å². The molecule has 9 heteroatoms. The smallest absolute Gasteiger partial charge is 0.272 e. The van der Waals surface area contributed by atoms with Crippen LogP contribution in [0.2, 0.25) is 0 Å².